The van der Waals surface area contributed by atoms with Gasteiger partial charge in [0.1, 0.15) is 6.61 Å². The van der Waals surface area contributed by atoms with E-state index in [1.54, 1.807) is 18.2 Å². The summed E-state index contributed by atoms with van der Waals surface area (Å²) in [6.45, 7) is 2.79. The predicted octanol–water partition coefficient (Wildman–Crippen LogP) is 3.99. The molecule has 1 aromatic heterocycles. The van der Waals surface area contributed by atoms with Crippen molar-refractivity contribution in [2.45, 2.75) is 31.5 Å². The molecule has 0 saturated carbocycles. The summed E-state index contributed by atoms with van der Waals surface area (Å²) >= 11 is 1.30. The van der Waals surface area contributed by atoms with Crippen molar-refractivity contribution < 1.29 is 13.9 Å². The summed E-state index contributed by atoms with van der Waals surface area (Å²) in [5.74, 6) is 0.433. The number of hydrogen-bond donors (Lipinski definition) is 1. The first-order valence-corrected chi connectivity index (χ1v) is 10.4. The van der Waals surface area contributed by atoms with Gasteiger partial charge in [-0.25, -0.2) is 4.39 Å². The largest absolute Gasteiger partial charge is 0.483 e. The lowest BCUT2D eigenvalue weighted by Gasteiger charge is -2.11. The minimum absolute atomic E-state index is 0.0461. The number of carbonyl (C=O) groups is 1. The third-order valence-corrected chi connectivity index (χ3v) is 5.02. The maximum Gasteiger partial charge on any atom is 0.230 e. The van der Waals surface area contributed by atoms with E-state index in [-0.39, 0.29) is 24.0 Å². The van der Waals surface area contributed by atoms with Crippen LogP contribution >= 0.6 is 11.8 Å². The lowest BCUT2D eigenvalue weighted by molar-refractivity contribution is -0.118. The van der Waals surface area contributed by atoms with Gasteiger partial charge in [-0.1, -0.05) is 55.4 Å². The van der Waals surface area contributed by atoms with Gasteiger partial charge >= 0.3 is 0 Å². The second-order valence-electron chi connectivity index (χ2n) is 6.28. The molecule has 0 aliphatic heterocycles. The van der Waals surface area contributed by atoms with Crippen LogP contribution in [0.25, 0.3) is 5.69 Å². The third-order valence-electron chi connectivity index (χ3n) is 4.09. The molecule has 0 atom stereocenters. The zero-order valence-corrected chi connectivity index (χ0v) is 17.0. The van der Waals surface area contributed by atoms with Gasteiger partial charge < -0.3 is 10.1 Å². The molecule has 2 aromatic carbocycles. The molecule has 8 heteroatoms. The topological polar surface area (TPSA) is 69.0 Å². The van der Waals surface area contributed by atoms with E-state index in [1.807, 2.05) is 34.9 Å². The Labute approximate surface area is 173 Å². The van der Waals surface area contributed by atoms with E-state index in [4.69, 9.17) is 4.74 Å². The van der Waals surface area contributed by atoms with E-state index in [1.165, 1.54) is 17.8 Å². The average molecular weight is 415 g/mol. The molecule has 0 saturated heterocycles. The van der Waals surface area contributed by atoms with E-state index in [2.05, 4.69) is 22.4 Å². The van der Waals surface area contributed by atoms with E-state index in [0.29, 0.717) is 17.5 Å². The molecule has 0 spiro atoms. The van der Waals surface area contributed by atoms with Gasteiger partial charge in [0.05, 0.1) is 5.75 Å². The number of carbonyl (C=O) groups excluding carboxylic acids is 1. The molecular formula is C21H23FN4O2S. The summed E-state index contributed by atoms with van der Waals surface area (Å²) in [5, 5.41) is 11.9. The standard InChI is InChI=1S/C21H23FN4O2S/c1-2-3-13-23-20(27)15-29-21-25-24-19(26(21)16-9-5-4-6-10-16)14-28-18-12-8-7-11-17(18)22/h4-12H,2-3,13-15H2,1H3,(H,23,27). The van der Waals surface area contributed by atoms with E-state index in [9.17, 15) is 9.18 Å². The molecular weight excluding hydrogens is 391 g/mol. The highest BCUT2D eigenvalue weighted by Gasteiger charge is 2.17. The molecule has 0 unspecified atom stereocenters. The van der Waals surface area contributed by atoms with E-state index in [0.717, 1.165) is 18.5 Å². The van der Waals surface area contributed by atoms with Gasteiger partial charge in [0.2, 0.25) is 5.91 Å². The fraction of sp³-hybridized carbons (Fsp3) is 0.286. The van der Waals surface area contributed by atoms with Crippen LogP contribution in [-0.2, 0) is 11.4 Å². The molecule has 1 amide bonds. The number of hydrogen-bond acceptors (Lipinski definition) is 5. The Morgan fingerprint density at radius 3 is 2.66 bits per heavy atom. The van der Waals surface area contributed by atoms with Crippen molar-refractivity contribution in [3.8, 4) is 11.4 Å². The molecule has 29 heavy (non-hydrogen) atoms. The lowest BCUT2D eigenvalue weighted by atomic mass is 10.3. The van der Waals surface area contributed by atoms with Crippen molar-refractivity contribution in [2.24, 2.45) is 0 Å². The van der Waals surface area contributed by atoms with Crippen LogP contribution in [0, 0.1) is 5.82 Å². The summed E-state index contributed by atoms with van der Waals surface area (Å²) in [7, 11) is 0. The number of halogens is 1. The quantitative estimate of drug-likeness (QED) is 0.401. The minimum Gasteiger partial charge on any atom is -0.483 e. The molecule has 0 aliphatic rings. The van der Waals surface area contributed by atoms with Gasteiger partial charge in [0, 0.05) is 12.2 Å². The van der Waals surface area contributed by atoms with Gasteiger partial charge in [-0.15, -0.1) is 10.2 Å². The molecule has 0 fully saturated rings. The van der Waals surface area contributed by atoms with Crippen molar-refractivity contribution in [1.29, 1.82) is 0 Å². The van der Waals surface area contributed by atoms with Crippen molar-refractivity contribution in [3.05, 3.63) is 66.2 Å². The average Bonchev–Trinajstić information content (AvgIpc) is 3.15. The predicted molar refractivity (Wildman–Crippen MR) is 111 cm³/mol. The van der Waals surface area contributed by atoms with Gasteiger partial charge in [-0.05, 0) is 30.7 Å². The van der Waals surface area contributed by atoms with Crippen molar-refractivity contribution in [1.82, 2.24) is 20.1 Å². The van der Waals surface area contributed by atoms with Gasteiger partial charge in [-0.3, -0.25) is 9.36 Å². The Bertz CT molecular complexity index is 933. The first-order chi connectivity index (χ1) is 14.2. The minimum atomic E-state index is -0.434. The van der Waals surface area contributed by atoms with Gasteiger partial charge in [0.25, 0.3) is 0 Å². The Hall–Kier alpha value is -2.87. The van der Waals surface area contributed by atoms with Crippen LogP contribution in [0.4, 0.5) is 4.39 Å². The summed E-state index contributed by atoms with van der Waals surface area (Å²) in [6, 6.07) is 15.8. The Morgan fingerprint density at radius 2 is 1.90 bits per heavy atom. The first-order valence-electron chi connectivity index (χ1n) is 9.45. The first kappa shape index (κ1) is 20.9. The number of aromatic nitrogens is 3. The van der Waals surface area contributed by atoms with Crippen molar-refractivity contribution in [3.63, 3.8) is 0 Å². The number of nitrogens with zero attached hydrogens (tertiary/aromatic N) is 3. The lowest BCUT2D eigenvalue weighted by Crippen LogP contribution is -2.26. The smallest absolute Gasteiger partial charge is 0.230 e. The highest BCUT2D eigenvalue weighted by molar-refractivity contribution is 7.99. The zero-order valence-electron chi connectivity index (χ0n) is 16.2. The fourth-order valence-corrected chi connectivity index (χ4v) is 3.41. The number of rotatable bonds is 10. The molecule has 0 radical (unpaired) electrons. The Kier molecular flexibility index (Phi) is 7.63. The number of para-hydroxylation sites is 2. The molecule has 1 N–H and O–H groups in total. The second-order valence-corrected chi connectivity index (χ2v) is 7.22. The molecule has 152 valence electrons. The molecule has 0 bridgehead atoms. The summed E-state index contributed by atoms with van der Waals surface area (Å²) in [6.07, 6.45) is 1.98. The van der Waals surface area contributed by atoms with Gasteiger partial charge in [0.15, 0.2) is 22.5 Å². The maximum absolute atomic E-state index is 13.8. The number of benzene rings is 2. The van der Waals surface area contributed by atoms with Crippen LogP contribution < -0.4 is 10.1 Å². The van der Waals surface area contributed by atoms with E-state index >= 15 is 0 Å². The molecule has 0 aliphatic carbocycles. The normalized spacial score (nSPS) is 10.7. The highest BCUT2D eigenvalue weighted by atomic mass is 32.2. The maximum atomic E-state index is 13.8. The molecule has 3 rings (SSSR count). The number of ether oxygens (including phenoxy) is 1. The number of amides is 1. The third kappa shape index (κ3) is 5.80. The van der Waals surface area contributed by atoms with Crippen molar-refractivity contribution >= 4 is 17.7 Å². The van der Waals surface area contributed by atoms with Crippen LogP contribution in [0.5, 0.6) is 5.75 Å². The Balaban J connectivity index is 1.75. The fourth-order valence-electron chi connectivity index (χ4n) is 2.61. The SMILES string of the molecule is CCCCNC(=O)CSc1nnc(COc2ccccc2F)n1-c1ccccc1. The van der Waals surface area contributed by atoms with Crippen LogP contribution in [0.3, 0.4) is 0 Å². The monoisotopic (exact) mass is 414 g/mol. The van der Waals surface area contributed by atoms with Crippen LogP contribution in [0.2, 0.25) is 0 Å². The summed E-state index contributed by atoms with van der Waals surface area (Å²) in [5.41, 5.74) is 0.846. The number of nitrogens with one attached hydrogen (secondary N) is 1. The highest BCUT2D eigenvalue weighted by Crippen LogP contribution is 2.23. The number of thioether (sulfide) groups is 1. The molecule has 3 aromatic rings. The zero-order chi connectivity index (χ0) is 20.5. The summed E-state index contributed by atoms with van der Waals surface area (Å²) in [4.78, 5) is 12.0. The Morgan fingerprint density at radius 1 is 1.14 bits per heavy atom. The van der Waals surface area contributed by atoms with Crippen molar-refractivity contribution in [2.75, 3.05) is 12.3 Å². The molecule has 1 heterocycles. The van der Waals surface area contributed by atoms with Crippen LogP contribution in [0.15, 0.2) is 59.8 Å². The number of unbranched alkanes of at least 4 members (excludes halogenated alkanes) is 1. The van der Waals surface area contributed by atoms with Crippen LogP contribution in [0.1, 0.15) is 25.6 Å². The second kappa shape index (κ2) is 10.6. The molecule has 6 nitrogen and oxygen atoms in total. The van der Waals surface area contributed by atoms with Crippen LogP contribution in [-0.4, -0.2) is 33.0 Å². The van der Waals surface area contributed by atoms with E-state index < -0.39 is 5.82 Å². The summed E-state index contributed by atoms with van der Waals surface area (Å²) < 4.78 is 21.3. The van der Waals surface area contributed by atoms with Gasteiger partial charge in [-0.2, -0.15) is 0 Å².